The van der Waals surface area contributed by atoms with E-state index in [1.807, 2.05) is 12.1 Å². The van der Waals surface area contributed by atoms with E-state index in [0.717, 1.165) is 31.7 Å². The van der Waals surface area contributed by atoms with Gasteiger partial charge in [-0.2, -0.15) is 4.98 Å². The number of aryl methyl sites for hydroxylation is 1. The SMILES string of the molecule is Cc1ccc(-c2noc(C(C)N3CCN(Cc4nnc(C(C)C)o4)CC3)n2)cc1. The van der Waals surface area contributed by atoms with Crippen molar-refractivity contribution in [1.82, 2.24) is 30.1 Å². The molecule has 1 aliphatic heterocycles. The maximum Gasteiger partial charge on any atom is 0.244 e. The second kappa shape index (κ2) is 8.42. The van der Waals surface area contributed by atoms with Gasteiger partial charge in [0, 0.05) is 37.7 Å². The molecule has 0 amide bonds. The molecule has 0 bridgehead atoms. The molecular formula is C21H28N6O2. The lowest BCUT2D eigenvalue weighted by Gasteiger charge is -2.36. The molecule has 4 rings (SSSR count). The molecule has 1 unspecified atom stereocenters. The van der Waals surface area contributed by atoms with Crippen molar-refractivity contribution in [3.8, 4) is 11.4 Å². The normalized spacial score (nSPS) is 17.1. The van der Waals surface area contributed by atoms with E-state index in [1.165, 1.54) is 5.56 Å². The average molecular weight is 396 g/mol. The van der Waals surface area contributed by atoms with E-state index in [0.29, 0.717) is 30.0 Å². The quantitative estimate of drug-likeness (QED) is 0.627. The second-order valence-electron chi connectivity index (χ2n) is 8.00. The third-order valence-corrected chi connectivity index (χ3v) is 5.40. The molecule has 1 saturated heterocycles. The molecule has 3 aromatic rings. The standard InChI is InChI=1S/C21H28N6O2/c1-14(2)20-24-23-18(28-20)13-26-9-11-27(12-10-26)16(4)21-22-19(25-29-21)17-7-5-15(3)6-8-17/h5-8,14,16H,9-13H2,1-4H3. The van der Waals surface area contributed by atoms with Crippen LogP contribution in [0.4, 0.5) is 0 Å². The summed E-state index contributed by atoms with van der Waals surface area (Å²) in [4.78, 5) is 9.34. The Morgan fingerprint density at radius 3 is 2.34 bits per heavy atom. The van der Waals surface area contributed by atoms with Gasteiger partial charge in [0.05, 0.1) is 12.6 Å². The molecule has 1 aromatic carbocycles. The lowest BCUT2D eigenvalue weighted by atomic mass is 10.1. The molecule has 2 aromatic heterocycles. The number of nitrogens with zero attached hydrogens (tertiary/aromatic N) is 6. The Hall–Kier alpha value is -2.58. The zero-order valence-electron chi connectivity index (χ0n) is 17.5. The van der Waals surface area contributed by atoms with Crippen LogP contribution < -0.4 is 0 Å². The minimum absolute atomic E-state index is 0.0831. The first-order valence-corrected chi connectivity index (χ1v) is 10.2. The summed E-state index contributed by atoms with van der Waals surface area (Å²) in [6, 6.07) is 8.24. The van der Waals surface area contributed by atoms with Crippen molar-refractivity contribution in [2.45, 2.75) is 46.2 Å². The predicted octanol–water partition coefficient (Wildman–Crippen LogP) is 3.43. The third-order valence-electron chi connectivity index (χ3n) is 5.40. The Balaban J connectivity index is 1.33. The Bertz CT molecular complexity index is 925. The molecule has 1 atom stereocenters. The van der Waals surface area contributed by atoms with Crippen LogP contribution in [0, 0.1) is 6.92 Å². The van der Waals surface area contributed by atoms with E-state index < -0.39 is 0 Å². The van der Waals surface area contributed by atoms with Crippen molar-refractivity contribution in [3.05, 3.63) is 47.5 Å². The lowest BCUT2D eigenvalue weighted by Crippen LogP contribution is -2.46. The fraction of sp³-hybridized carbons (Fsp3) is 0.524. The second-order valence-corrected chi connectivity index (χ2v) is 8.00. The molecule has 3 heterocycles. The Labute approximate surface area is 170 Å². The van der Waals surface area contributed by atoms with Gasteiger partial charge in [-0.05, 0) is 13.8 Å². The third kappa shape index (κ3) is 4.54. The number of aromatic nitrogens is 4. The maximum absolute atomic E-state index is 5.73. The first kappa shape index (κ1) is 19.7. The van der Waals surface area contributed by atoms with Gasteiger partial charge in [0.2, 0.25) is 23.5 Å². The molecule has 8 heteroatoms. The zero-order valence-corrected chi connectivity index (χ0v) is 17.5. The van der Waals surface area contributed by atoms with Crippen LogP contribution in [0.1, 0.15) is 56.0 Å². The zero-order chi connectivity index (χ0) is 20.4. The monoisotopic (exact) mass is 396 g/mol. The summed E-state index contributed by atoms with van der Waals surface area (Å²) in [5.74, 6) is 2.95. The van der Waals surface area contributed by atoms with Crippen molar-refractivity contribution in [1.29, 1.82) is 0 Å². The highest BCUT2D eigenvalue weighted by Gasteiger charge is 2.26. The van der Waals surface area contributed by atoms with Gasteiger partial charge in [0.1, 0.15) is 0 Å². The van der Waals surface area contributed by atoms with E-state index in [2.05, 4.69) is 70.0 Å². The minimum Gasteiger partial charge on any atom is -0.424 e. The van der Waals surface area contributed by atoms with E-state index in [-0.39, 0.29) is 12.0 Å². The largest absolute Gasteiger partial charge is 0.424 e. The van der Waals surface area contributed by atoms with Crippen LogP contribution in [0.3, 0.4) is 0 Å². The first-order valence-electron chi connectivity index (χ1n) is 10.2. The van der Waals surface area contributed by atoms with Gasteiger partial charge < -0.3 is 8.94 Å². The van der Waals surface area contributed by atoms with Crippen LogP contribution in [-0.2, 0) is 6.54 Å². The van der Waals surface area contributed by atoms with Crippen LogP contribution in [0.25, 0.3) is 11.4 Å². The van der Waals surface area contributed by atoms with E-state index in [1.54, 1.807) is 0 Å². The first-order chi connectivity index (χ1) is 14.0. The predicted molar refractivity (Wildman–Crippen MR) is 108 cm³/mol. The van der Waals surface area contributed by atoms with Crippen LogP contribution in [-0.4, -0.2) is 56.3 Å². The molecular weight excluding hydrogens is 368 g/mol. The highest BCUT2D eigenvalue weighted by Crippen LogP contribution is 2.24. The Morgan fingerprint density at radius 2 is 1.69 bits per heavy atom. The van der Waals surface area contributed by atoms with Crippen LogP contribution in [0.15, 0.2) is 33.2 Å². The Morgan fingerprint density at radius 1 is 0.966 bits per heavy atom. The highest BCUT2D eigenvalue weighted by molar-refractivity contribution is 5.54. The fourth-order valence-corrected chi connectivity index (χ4v) is 3.44. The molecule has 1 fully saturated rings. The molecule has 0 aliphatic carbocycles. The Kier molecular flexibility index (Phi) is 5.73. The lowest BCUT2D eigenvalue weighted by molar-refractivity contribution is 0.0795. The number of rotatable bonds is 6. The summed E-state index contributed by atoms with van der Waals surface area (Å²) in [6.07, 6.45) is 0. The van der Waals surface area contributed by atoms with Crippen molar-refractivity contribution >= 4 is 0 Å². The molecule has 0 N–H and O–H groups in total. The van der Waals surface area contributed by atoms with Gasteiger partial charge in [-0.15, -0.1) is 10.2 Å². The van der Waals surface area contributed by atoms with Crippen molar-refractivity contribution in [2.75, 3.05) is 26.2 Å². The van der Waals surface area contributed by atoms with E-state index in [9.17, 15) is 0 Å². The van der Waals surface area contributed by atoms with Crippen LogP contribution in [0.5, 0.6) is 0 Å². The summed E-state index contributed by atoms with van der Waals surface area (Å²) in [6.45, 7) is 12.7. The van der Waals surface area contributed by atoms with Gasteiger partial charge in [0.15, 0.2) is 0 Å². The van der Waals surface area contributed by atoms with Crippen molar-refractivity contribution < 1.29 is 8.94 Å². The molecule has 29 heavy (non-hydrogen) atoms. The number of hydrogen-bond donors (Lipinski definition) is 0. The maximum atomic E-state index is 5.73. The van der Waals surface area contributed by atoms with Gasteiger partial charge in [-0.25, -0.2) is 0 Å². The molecule has 1 aliphatic rings. The van der Waals surface area contributed by atoms with Gasteiger partial charge >= 0.3 is 0 Å². The summed E-state index contributed by atoms with van der Waals surface area (Å²) < 4.78 is 11.3. The summed E-state index contributed by atoms with van der Waals surface area (Å²) in [5.41, 5.74) is 2.19. The van der Waals surface area contributed by atoms with Gasteiger partial charge in [-0.1, -0.05) is 48.8 Å². The topological polar surface area (TPSA) is 84.3 Å². The van der Waals surface area contributed by atoms with Crippen LogP contribution >= 0.6 is 0 Å². The van der Waals surface area contributed by atoms with E-state index in [4.69, 9.17) is 8.94 Å². The highest BCUT2D eigenvalue weighted by atomic mass is 16.5. The summed E-state index contributed by atoms with van der Waals surface area (Å²) in [5, 5.41) is 12.4. The molecule has 154 valence electrons. The number of hydrogen-bond acceptors (Lipinski definition) is 8. The van der Waals surface area contributed by atoms with Gasteiger partial charge in [0.25, 0.3) is 0 Å². The molecule has 0 radical (unpaired) electrons. The summed E-state index contributed by atoms with van der Waals surface area (Å²) in [7, 11) is 0. The molecule has 0 saturated carbocycles. The van der Waals surface area contributed by atoms with Gasteiger partial charge in [-0.3, -0.25) is 9.80 Å². The fourth-order valence-electron chi connectivity index (χ4n) is 3.44. The van der Waals surface area contributed by atoms with Crippen molar-refractivity contribution in [2.24, 2.45) is 0 Å². The van der Waals surface area contributed by atoms with E-state index >= 15 is 0 Å². The average Bonchev–Trinajstić information content (AvgIpc) is 3.39. The molecule has 8 nitrogen and oxygen atoms in total. The van der Waals surface area contributed by atoms with Crippen molar-refractivity contribution in [3.63, 3.8) is 0 Å². The molecule has 0 spiro atoms. The number of piperazine rings is 1. The minimum atomic E-state index is 0.0831. The summed E-state index contributed by atoms with van der Waals surface area (Å²) >= 11 is 0. The van der Waals surface area contributed by atoms with Crippen LogP contribution in [0.2, 0.25) is 0 Å². The number of benzene rings is 1. The smallest absolute Gasteiger partial charge is 0.244 e.